The summed E-state index contributed by atoms with van der Waals surface area (Å²) in [5, 5.41) is 8.24. The van der Waals surface area contributed by atoms with Gasteiger partial charge in [-0.15, -0.1) is 24.0 Å². The maximum Gasteiger partial charge on any atom is 0.225 e. The van der Waals surface area contributed by atoms with Crippen LogP contribution in [0.3, 0.4) is 0 Å². The molecule has 31 heavy (non-hydrogen) atoms. The highest BCUT2D eigenvalue weighted by Crippen LogP contribution is 2.26. The molecule has 1 aromatic heterocycles. The van der Waals surface area contributed by atoms with E-state index in [1.807, 2.05) is 7.05 Å². The van der Waals surface area contributed by atoms with Gasteiger partial charge in [-0.25, -0.2) is 0 Å². The lowest BCUT2D eigenvalue weighted by Crippen LogP contribution is -2.45. The van der Waals surface area contributed by atoms with Gasteiger partial charge in [-0.3, -0.25) is 9.79 Å². The molecule has 0 radical (unpaired) electrons. The van der Waals surface area contributed by atoms with Crippen molar-refractivity contribution < 1.29 is 4.79 Å². The number of aliphatic imine (C=N–C) groups is 1. The maximum absolute atomic E-state index is 12.8. The van der Waals surface area contributed by atoms with Gasteiger partial charge in [-0.1, -0.05) is 37.5 Å². The predicted molar refractivity (Wildman–Crippen MR) is 138 cm³/mol. The Morgan fingerprint density at radius 2 is 1.94 bits per heavy atom. The van der Waals surface area contributed by atoms with Crippen LogP contribution in [0.2, 0.25) is 0 Å². The highest BCUT2D eigenvalue weighted by atomic mass is 127. The molecule has 0 bridgehead atoms. The van der Waals surface area contributed by atoms with Crippen molar-refractivity contribution in [2.45, 2.75) is 57.5 Å². The number of fused-ring (bicyclic) bond motifs is 1. The SMILES string of the molecule is CN=C(NCCCn1ccc2ccccc21)NC1CCN(C(=O)C2CCCCC2)C1.I. The summed E-state index contributed by atoms with van der Waals surface area (Å²) in [6, 6.07) is 11.0. The van der Waals surface area contributed by atoms with Crippen LogP contribution < -0.4 is 10.6 Å². The zero-order valence-corrected chi connectivity index (χ0v) is 20.9. The molecule has 4 rings (SSSR count). The van der Waals surface area contributed by atoms with Crippen LogP contribution in [-0.4, -0.2) is 54.1 Å². The van der Waals surface area contributed by atoms with E-state index in [-0.39, 0.29) is 35.9 Å². The lowest BCUT2D eigenvalue weighted by molar-refractivity contribution is -0.135. The Morgan fingerprint density at radius 1 is 1.13 bits per heavy atom. The third-order valence-corrected chi connectivity index (χ3v) is 6.57. The van der Waals surface area contributed by atoms with Gasteiger partial charge in [0.2, 0.25) is 5.91 Å². The van der Waals surface area contributed by atoms with Crippen molar-refractivity contribution in [2.75, 3.05) is 26.7 Å². The first-order valence-corrected chi connectivity index (χ1v) is 11.5. The number of halogens is 1. The molecule has 1 unspecified atom stereocenters. The highest BCUT2D eigenvalue weighted by molar-refractivity contribution is 14.0. The zero-order valence-electron chi connectivity index (χ0n) is 18.6. The molecule has 2 N–H and O–H groups in total. The van der Waals surface area contributed by atoms with Gasteiger partial charge >= 0.3 is 0 Å². The second-order valence-corrected chi connectivity index (χ2v) is 8.67. The van der Waals surface area contributed by atoms with E-state index in [2.05, 4.69) is 61.6 Å². The van der Waals surface area contributed by atoms with Gasteiger partial charge in [0.25, 0.3) is 0 Å². The molecular formula is C24H36IN5O. The van der Waals surface area contributed by atoms with Crippen LogP contribution in [0, 0.1) is 5.92 Å². The molecule has 2 aromatic rings. The first kappa shape index (κ1) is 23.9. The van der Waals surface area contributed by atoms with Crippen LogP contribution in [0.4, 0.5) is 0 Å². The maximum atomic E-state index is 12.8. The van der Waals surface area contributed by atoms with E-state index in [9.17, 15) is 4.79 Å². The molecule has 2 heterocycles. The highest BCUT2D eigenvalue weighted by Gasteiger charge is 2.31. The summed E-state index contributed by atoms with van der Waals surface area (Å²) in [6.07, 6.45) is 10.0. The van der Waals surface area contributed by atoms with E-state index in [0.29, 0.717) is 5.91 Å². The minimum Gasteiger partial charge on any atom is -0.356 e. The number of likely N-dealkylation sites (tertiary alicyclic amines) is 1. The average molecular weight is 537 g/mol. The second-order valence-electron chi connectivity index (χ2n) is 8.67. The Hall–Kier alpha value is -1.77. The Kier molecular flexibility index (Phi) is 9.04. The molecule has 1 saturated carbocycles. The van der Waals surface area contributed by atoms with Crippen molar-refractivity contribution >= 4 is 46.7 Å². The fourth-order valence-electron chi connectivity index (χ4n) is 4.87. The normalized spacial score (nSPS) is 20.0. The number of nitrogens with one attached hydrogen (secondary N) is 2. The first-order chi connectivity index (χ1) is 14.7. The van der Waals surface area contributed by atoms with Crippen LogP contribution >= 0.6 is 24.0 Å². The van der Waals surface area contributed by atoms with Crippen molar-refractivity contribution in [3.05, 3.63) is 36.5 Å². The van der Waals surface area contributed by atoms with Crippen molar-refractivity contribution in [1.29, 1.82) is 0 Å². The molecule has 7 heteroatoms. The fourth-order valence-corrected chi connectivity index (χ4v) is 4.87. The van der Waals surface area contributed by atoms with E-state index in [4.69, 9.17) is 0 Å². The fraction of sp³-hybridized carbons (Fsp3) is 0.583. The second kappa shape index (κ2) is 11.7. The number of rotatable bonds is 6. The summed E-state index contributed by atoms with van der Waals surface area (Å²) in [4.78, 5) is 19.2. The van der Waals surface area contributed by atoms with Crippen molar-refractivity contribution in [1.82, 2.24) is 20.1 Å². The van der Waals surface area contributed by atoms with Gasteiger partial charge in [0.05, 0.1) is 0 Å². The third-order valence-electron chi connectivity index (χ3n) is 6.57. The number of amides is 1. The number of carbonyl (C=O) groups excluding carboxylic acids is 1. The molecule has 2 fully saturated rings. The largest absolute Gasteiger partial charge is 0.356 e. The summed E-state index contributed by atoms with van der Waals surface area (Å²) in [5.41, 5.74) is 1.29. The molecule has 2 aliphatic rings. The first-order valence-electron chi connectivity index (χ1n) is 11.5. The predicted octanol–water partition coefficient (Wildman–Crippen LogP) is 4.00. The van der Waals surface area contributed by atoms with Crippen molar-refractivity contribution in [2.24, 2.45) is 10.9 Å². The number of guanidine groups is 1. The number of carbonyl (C=O) groups is 1. The molecule has 1 saturated heterocycles. The zero-order chi connectivity index (χ0) is 20.8. The van der Waals surface area contributed by atoms with Gasteiger partial charge < -0.3 is 20.1 Å². The van der Waals surface area contributed by atoms with Gasteiger partial charge in [-0.2, -0.15) is 0 Å². The van der Waals surface area contributed by atoms with Crippen LogP contribution in [0.15, 0.2) is 41.5 Å². The molecule has 1 aliphatic heterocycles. The number of aryl methyl sites for hydroxylation is 1. The number of para-hydroxylation sites is 1. The Bertz CT molecular complexity index is 874. The van der Waals surface area contributed by atoms with Gasteiger partial charge in [0.1, 0.15) is 0 Å². The average Bonchev–Trinajstić information content (AvgIpc) is 3.43. The van der Waals surface area contributed by atoms with E-state index < -0.39 is 0 Å². The van der Waals surface area contributed by atoms with E-state index >= 15 is 0 Å². The lowest BCUT2D eigenvalue weighted by atomic mass is 9.88. The monoisotopic (exact) mass is 537 g/mol. The van der Waals surface area contributed by atoms with Gasteiger partial charge in [0.15, 0.2) is 5.96 Å². The summed E-state index contributed by atoms with van der Waals surface area (Å²) in [6.45, 7) is 3.50. The third kappa shape index (κ3) is 6.14. The minimum atomic E-state index is 0. The summed E-state index contributed by atoms with van der Waals surface area (Å²) >= 11 is 0. The molecule has 1 atom stereocenters. The number of nitrogens with zero attached hydrogens (tertiary/aromatic N) is 3. The molecular weight excluding hydrogens is 501 g/mol. The number of benzene rings is 1. The van der Waals surface area contributed by atoms with Crippen LogP contribution in [0.1, 0.15) is 44.9 Å². The Morgan fingerprint density at radius 3 is 2.74 bits per heavy atom. The molecule has 6 nitrogen and oxygen atoms in total. The Labute approximate surface area is 202 Å². The Balaban J connectivity index is 0.00000272. The number of hydrogen-bond donors (Lipinski definition) is 2. The summed E-state index contributed by atoms with van der Waals surface area (Å²) < 4.78 is 2.30. The topological polar surface area (TPSA) is 61.7 Å². The van der Waals surface area contributed by atoms with E-state index in [1.165, 1.54) is 30.2 Å². The van der Waals surface area contributed by atoms with Crippen molar-refractivity contribution in [3.8, 4) is 0 Å². The lowest BCUT2D eigenvalue weighted by Gasteiger charge is -2.26. The van der Waals surface area contributed by atoms with Crippen LogP contribution in [0.25, 0.3) is 10.9 Å². The smallest absolute Gasteiger partial charge is 0.225 e. The molecule has 0 spiro atoms. The quantitative estimate of drug-likeness (QED) is 0.254. The van der Waals surface area contributed by atoms with E-state index in [0.717, 1.165) is 57.8 Å². The standard InChI is InChI=1S/C24H35N5O.HI/c1-25-24(26-14-7-15-28-16-12-19-8-5-6-11-22(19)28)27-21-13-17-29(18-21)23(30)20-9-3-2-4-10-20;/h5-6,8,11-12,16,20-21H,2-4,7,9-10,13-15,17-18H2,1H3,(H2,25,26,27);1H. The minimum absolute atomic E-state index is 0. The molecule has 1 aromatic carbocycles. The van der Waals surface area contributed by atoms with Crippen molar-refractivity contribution in [3.63, 3.8) is 0 Å². The summed E-state index contributed by atoms with van der Waals surface area (Å²) in [7, 11) is 1.81. The molecule has 1 aliphatic carbocycles. The van der Waals surface area contributed by atoms with Gasteiger partial charge in [-0.05, 0) is 43.2 Å². The van der Waals surface area contributed by atoms with E-state index in [1.54, 1.807) is 0 Å². The number of hydrogen-bond acceptors (Lipinski definition) is 2. The van der Waals surface area contributed by atoms with Crippen LogP contribution in [-0.2, 0) is 11.3 Å². The number of aromatic nitrogens is 1. The summed E-state index contributed by atoms with van der Waals surface area (Å²) in [5.74, 6) is 1.48. The molecule has 1 amide bonds. The van der Waals surface area contributed by atoms with Gasteiger partial charge in [0, 0.05) is 56.9 Å². The van der Waals surface area contributed by atoms with Crippen LogP contribution in [0.5, 0.6) is 0 Å². The molecule has 170 valence electrons.